The third-order valence-electron chi connectivity index (χ3n) is 5.17. The Hall–Kier alpha value is -0.660. The summed E-state index contributed by atoms with van der Waals surface area (Å²) in [6, 6.07) is 0. The second-order valence-corrected chi connectivity index (χ2v) is 9.75. The SMILES string of the molecule is CC(C)C(C(=O)NCCN1CCNCC1)S(=O)(=O)C1CCCCC1. The van der Waals surface area contributed by atoms with E-state index in [9.17, 15) is 13.2 Å². The average Bonchev–Trinajstić information content (AvgIpc) is 2.56. The fraction of sp³-hybridized carbons (Fsp3) is 0.941. The number of hydrogen-bond donors (Lipinski definition) is 2. The molecule has 1 heterocycles. The van der Waals surface area contributed by atoms with Gasteiger partial charge in [0.25, 0.3) is 0 Å². The van der Waals surface area contributed by atoms with Gasteiger partial charge in [-0.25, -0.2) is 8.42 Å². The Kier molecular flexibility index (Phi) is 7.50. The monoisotopic (exact) mass is 359 g/mol. The number of nitrogens with zero attached hydrogens (tertiary/aromatic N) is 1. The van der Waals surface area contributed by atoms with E-state index in [1.165, 1.54) is 0 Å². The third kappa shape index (κ3) is 5.17. The second-order valence-electron chi connectivity index (χ2n) is 7.40. The van der Waals surface area contributed by atoms with Gasteiger partial charge in [-0.1, -0.05) is 33.1 Å². The Labute approximate surface area is 146 Å². The van der Waals surface area contributed by atoms with Crippen LogP contribution in [0.15, 0.2) is 0 Å². The van der Waals surface area contributed by atoms with E-state index in [0.717, 1.165) is 52.0 Å². The molecule has 140 valence electrons. The Morgan fingerprint density at radius 2 is 1.79 bits per heavy atom. The van der Waals surface area contributed by atoms with Crippen molar-refractivity contribution in [2.45, 2.75) is 56.5 Å². The van der Waals surface area contributed by atoms with Gasteiger partial charge in [-0.05, 0) is 18.8 Å². The van der Waals surface area contributed by atoms with E-state index in [4.69, 9.17) is 0 Å². The van der Waals surface area contributed by atoms with Gasteiger partial charge in [0.15, 0.2) is 9.84 Å². The van der Waals surface area contributed by atoms with Gasteiger partial charge in [0.1, 0.15) is 5.25 Å². The van der Waals surface area contributed by atoms with Crippen LogP contribution in [0.2, 0.25) is 0 Å². The van der Waals surface area contributed by atoms with Crippen LogP contribution in [0.3, 0.4) is 0 Å². The molecule has 2 N–H and O–H groups in total. The van der Waals surface area contributed by atoms with Crippen molar-refractivity contribution in [3.05, 3.63) is 0 Å². The fourth-order valence-electron chi connectivity index (χ4n) is 3.80. The molecule has 1 aliphatic heterocycles. The Balaban J connectivity index is 1.91. The predicted octanol–water partition coefficient (Wildman–Crippen LogP) is 0.780. The second kappa shape index (κ2) is 9.15. The highest BCUT2D eigenvalue weighted by molar-refractivity contribution is 7.93. The first-order valence-corrected chi connectivity index (χ1v) is 11.0. The summed E-state index contributed by atoms with van der Waals surface area (Å²) in [6.45, 7) is 8.86. The summed E-state index contributed by atoms with van der Waals surface area (Å²) >= 11 is 0. The van der Waals surface area contributed by atoms with Crippen molar-refractivity contribution in [3.8, 4) is 0 Å². The van der Waals surface area contributed by atoms with E-state index in [1.807, 2.05) is 13.8 Å². The highest BCUT2D eigenvalue weighted by atomic mass is 32.2. The molecule has 2 fully saturated rings. The number of sulfone groups is 1. The van der Waals surface area contributed by atoms with Gasteiger partial charge >= 0.3 is 0 Å². The van der Waals surface area contributed by atoms with E-state index >= 15 is 0 Å². The molecule has 6 nitrogen and oxygen atoms in total. The van der Waals surface area contributed by atoms with E-state index < -0.39 is 15.1 Å². The van der Waals surface area contributed by atoms with Crippen LogP contribution in [0.4, 0.5) is 0 Å². The summed E-state index contributed by atoms with van der Waals surface area (Å²) in [5.74, 6) is -0.512. The van der Waals surface area contributed by atoms with E-state index in [1.54, 1.807) is 0 Å². The van der Waals surface area contributed by atoms with E-state index in [-0.39, 0.29) is 17.1 Å². The van der Waals surface area contributed by atoms with Crippen molar-refractivity contribution < 1.29 is 13.2 Å². The lowest BCUT2D eigenvalue weighted by Crippen LogP contribution is -2.50. The summed E-state index contributed by atoms with van der Waals surface area (Å²) in [5.41, 5.74) is 0. The number of hydrogen-bond acceptors (Lipinski definition) is 5. The quantitative estimate of drug-likeness (QED) is 0.702. The number of carbonyl (C=O) groups excluding carboxylic acids is 1. The smallest absolute Gasteiger partial charge is 0.238 e. The highest BCUT2D eigenvalue weighted by Crippen LogP contribution is 2.29. The van der Waals surface area contributed by atoms with Crippen LogP contribution in [-0.2, 0) is 14.6 Å². The van der Waals surface area contributed by atoms with Gasteiger partial charge < -0.3 is 10.6 Å². The maximum absolute atomic E-state index is 13.0. The van der Waals surface area contributed by atoms with E-state index in [2.05, 4.69) is 15.5 Å². The number of piperazine rings is 1. The minimum Gasteiger partial charge on any atom is -0.354 e. The molecular formula is C17H33N3O3S. The molecule has 2 aliphatic rings. The predicted molar refractivity (Wildman–Crippen MR) is 96.7 cm³/mol. The average molecular weight is 360 g/mol. The minimum atomic E-state index is -3.41. The molecule has 0 aromatic rings. The van der Waals surface area contributed by atoms with Crippen molar-refractivity contribution in [2.75, 3.05) is 39.3 Å². The number of nitrogens with one attached hydrogen (secondary N) is 2. The molecule has 0 aromatic carbocycles. The molecule has 0 bridgehead atoms. The van der Waals surface area contributed by atoms with Gasteiger partial charge in [0, 0.05) is 39.3 Å². The molecule has 1 amide bonds. The zero-order valence-corrected chi connectivity index (χ0v) is 15.9. The third-order valence-corrected chi connectivity index (χ3v) is 8.04. The number of amides is 1. The fourth-order valence-corrected chi connectivity index (χ4v) is 6.35. The Morgan fingerprint density at radius 1 is 1.17 bits per heavy atom. The van der Waals surface area contributed by atoms with Crippen LogP contribution in [0.5, 0.6) is 0 Å². The standard InChI is InChI=1S/C17H33N3O3S/c1-14(2)16(24(22,23)15-6-4-3-5-7-15)17(21)19-10-13-20-11-8-18-9-12-20/h14-16,18H,3-13H2,1-2H3,(H,19,21). The molecule has 1 atom stereocenters. The molecule has 0 spiro atoms. The molecule has 0 radical (unpaired) electrons. The first-order valence-electron chi connectivity index (χ1n) is 9.36. The molecule has 1 aliphatic carbocycles. The van der Waals surface area contributed by atoms with Crippen molar-refractivity contribution in [1.29, 1.82) is 0 Å². The van der Waals surface area contributed by atoms with Crippen molar-refractivity contribution in [1.82, 2.24) is 15.5 Å². The van der Waals surface area contributed by atoms with Gasteiger partial charge in [-0.15, -0.1) is 0 Å². The van der Waals surface area contributed by atoms with Gasteiger partial charge in [0.2, 0.25) is 5.91 Å². The van der Waals surface area contributed by atoms with E-state index in [0.29, 0.717) is 19.4 Å². The van der Waals surface area contributed by atoms with Crippen LogP contribution in [0.25, 0.3) is 0 Å². The molecule has 2 rings (SSSR count). The van der Waals surface area contributed by atoms with Crippen LogP contribution >= 0.6 is 0 Å². The first kappa shape index (κ1) is 19.7. The number of rotatable bonds is 7. The highest BCUT2D eigenvalue weighted by Gasteiger charge is 2.40. The summed E-state index contributed by atoms with van der Waals surface area (Å²) in [6.07, 6.45) is 4.44. The minimum absolute atomic E-state index is 0.198. The summed E-state index contributed by atoms with van der Waals surface area (Å²) in [4.78, 5) is 14.9. The first-order chi connectivity index (χ1) is 11.4. The lowest BCUT2D eigenvalue weighted by Gasteiger charge is -2.29. The van der Waals surface area contributed by atoms with Crippen LogP contribution < -0.4 is 10.6 Å². The van der Waals surface area contributed by atoms with Crippen LogP contribution in [-0.4, -0.2) is 69.0 Å². The topological polar surface area (TPSA) is 78.5 Å². The lowest BCUT2D eigenvalue weighted by molar-refractivity contribution is -0.121. The van der Waals surface area contributed by atoms with Crippen molar-refractivity contribution >= 4 is 15.7 Å². The molecule has 24 heavy (non-hydrogen) atoms. The molecule has 0 aromatic heterocycles. The maximum atomic E-state index is 13.0. The Bertz CT molecular complexity index is 495. The molecule has 1 saturated carbocycles. The molecule has 1 unspecified atom stereocenters. The molecule has 1 saturated heterocycles. The molecule has 7 heteroatoms. The van der Waals surface area contributed by atoms with Crippen molar-refractivity contribution in [3.63, 3.8) is 0 Å². The number of carbonyl (C=O) groups is 1. The summed E-state index contributed by atoms with van der Waals surface area (Å²) in [7, 11) is -3.41. The Morgan fingerprint density at radius 3 is 2.38 bits per heavy atom. The zero-order valence-electron chi connectivity index (χ0n) is 15.1. The largest absolute Gasteiger partial charge is 0.354 e. The van der Waals surface area contributed by atoms with Gasteiger partial charge in [-0.2, -0.15) is 0 Å². The van der Waals surface area contributed by atoms with Gasteiger partial charge in [-0.3, -0.25) is 9.69 Å². The zero-order chi connectivity index (χ0) is 17.6. The van der Waals surface area contributed by atoms with Crippen molar-refractivity contribution in [2.24, 2.45) is 5.92 Å². The van der Waals surface area contributed by atoms with Gasteiger partial charge in [0.05, 0.1) is 5.25 Å². The summed E-state index contributed by atoms with van der Waals surface area (Å²) < 4.78 is 25.9. The lowest BCUT2D eigenvalue weighted by atomic mass is 10.0. The summed E-state index contributed by atoms with van der Waals surface area (Å²) in [5, 5.41) is 4.92. The van der Waals surface area contributed by atoms with Crippen LogP contribution in [0.1, 0.15) is 46.0 Å². The van der Waals surface area contributed by atoms with Crippen LogP contribution in [0, 0.1) is 5.92 Å². The maximum Gasteiger partial charge on any atom is 0.238 e. The molecular weight excluding hydrogens is 326 g/mol. The normalized spacial score (nSPS) is 22.5.